The molecule has 0 saturated carbocycles. The van der Waals surface area contributed by atoms with E-state index in [-0.39, 0.29) is 18.3 Å². The van der Waals surface area contributed by atoms with Gasteiger partial charge in [0.1, 0.15) is 5.58 Å². The van der Waals surface area contributed by atoms with Gasteiger partial charge in [0.15, 0.2) is 11.6 Å². The van der Waals surface area contributed by atoms with Crippen LogP contribution in [0.5, 0.6) is 0 Å². The minimum atomic E-state index is -0.300. The molecule has 4 rings (SSSR count). The van der Waals surface area contributed by atoms with Crippen molar-refractivity contribution in [3.63, 3.8) is 0 Å². The number of aryl methyl sites for hydroxylation is 3. The Morgan fingerprint density at radius 3 is 2.74 bits per heavy atom. The molecule has 1 fully saturated rings. The third kappa shape index (κ3) is 3.57. The van der Waals surface area contributed by atoms with Crippen LogP contribution in [0.15, 0.2) is 22.6 Å². The average Bonchev–Trinajstić information content (AvgIpc) is 3.18. The second-order valence-corrected chi connectivity index (χ2v) is 6.90. The van der Waals surface area contributed by atoms with Crippen LogP contribution >= 0.6 is 12.4 Å². The van der Waals surface area contributed by atoms with Gasteiger partial charge in [-0.2, -0.15) is 10.1 Å². The van der Waals surface area contributed by atoms with Crippen LogP contribution in [0.1, 0.15) is 46.3 Å². The maximum Gasteiger partial charge on any atom is 0.294 e. The number of rotatable bonds is 3. The zero-order valence-corrected chi connectivity index (χ0v) is 16.5. The molecule has 3 heterocycles. The zero-order chi connectivity index (χ0) is 18.3. The van der Waals surface area contributed by atoms with E-state index in [0.29, 0.717) is 17.6 Å². The number of piperidine rings is 1. The molecule has 1 amide bonds. The number of furan rings is 1. The number of fused-ring (bicyclic) bond motifs is 1. The van der Waals surface area contributed by atoms with E-state index in [1.807, 2.05) is 32.0 Å². The molecule has 2 N–H and O–H groups in total. The third-order valence-corrected chi connectivity index (χ3v) is 5.08. The number of carbonyl (C=O) groups excluding carboxylic acids is 1. The quantitative estimate of drug-likeness (QED) is 0.717. The van der Waals surface area contributed by atoms with Gasteiger partial charge in [0, 0.05) is 23.9 Å². The predicted octanol–water partition coefficient (Wildman–Crippen LogP) is 3.32. The highest BCUT2D eigenvalue weighted by molar-refractivity contribution is 6.06. The summed E-state index contributed by atoms with van der Waals surface area (Å²) in [6.45, 7) is 5.82. The summed E-state index contributed by atoms with van der Waals surface area (Å²) < 4.78 is 7.47. The van der Waals surface area contributed by atoms with Gasteiger partial charge in [0.05, 0.1) is 0 Å². The van der Waals surface area contributed by atoms with Crippen LogP contribution in [0.4, 0.5) is 5.95 Å². The number of benzene rings is 1. The monoisotopic (exact) mass is 389 g/mol. The van der Waals surface area contributed by atoms with Gasteiger partial charge in [-0.3, -0.25) is 10.1 Å². The lowest BCUT2D eigenvalue weighted by Crippen LogP contribution is -2.27. The highest BCUT2D eigenvalue weighted by Gasteiger charge is 2.23. The Morgan fingerprint density at radius 1 is 1.30 bits per heavy atom. The third-order valence-electron chi connectivity index (χ3n) is 5.08. The topological polar surface area (TPSA) is 85.0 Å². The standard InChI is InChI=1S/C19H23N5O2.ClH/c1-11-5-4-6-14-12(2)16(26-15(11)14)18(25)22-19-21-17(23-24(19)3)13-7-9-20-10-8-13;/h4-6,13,20H,7-10H2,1-3H3,(H,21,22,23,25);1H. The van der Waals surface area contributed by atoms with E-state index in [4.69, 9.17) is 4.42 Å². The van der Waals surface area contributed by atoms with E-state index in [1.165, 1.54) is 0 Å². The Bertz CT molecular complexity index is 972. The van der Waals surface area contributed by atoms with Crippen molar-refractivity contribution in [3.8, 4) is 0 Å². The molecule has 1 aliphatic rings. The van der Waals surface area contributed by atoms with Gasteiger partial charge in [-0.05, 0) is 45.3 Å². The number of hydrogen-bond acceptors (Lipinski definition) is 5. The lowest BCUT2D eigenvalue weighted by molar-refractivity contribution is 0.0996. The average molecular weight is 390 g/mol. The summed E-state index contributed by atoms with van der Waals surface area (Å²) in [5.74, 6) is 1.59. The number of anilines is 1. The van der Waals surface area contributed by atoms with Gasteiger partial charge < -0.3 is 9.73 Å². The number of aromatic nitrogens is 3. The number of halogens is 1. The fourth-order valence-electron chi connectivity index (χ4n) is 3.53. The first-order chi connectivity index (χ1) is 12.5. The predicted molar refractivity (Wildman–Crippen MR) is 107 cm³/mol. The van der Waals surface area contributed by atoms with E-state index in [2.05, 4.69) is 20.7 Å². The lowest BCUT2D eigenvalue weighted by Gasteiger charge is -2.19. The van der Waals surface area contributed by atoms with Crippen molar-refractivity contribution in [1.82, 2.24) is 20.1 Å². The van der Waals surface area contributed by atoms with Crippen molar-refractivity contribution < 1.29 is 9.21 Å². The van der Waals surface area contributed by atoms with Crippen molar-refractivity contribution in [3.05, 3.63) is 40.9 Å². The number of para-hydroxylation sites is 1. The summed E-state index contributed by atoms with van der Waals surface area (Å²) in [6.07, 6.45) is 2.03. The molecule has 144 valence electrons. The zero-order valence-electron chi connectivity index (χ0n) is 15.7. The van der Waals surface area contributed by atoms with Crippen LogP contribution in [0.25, 0.3) is 11.0 Å². The number of hydrogen-bond donors (Lipinski definition) is 2. The van der Waals surface area contributed by atoms with E-state index < -0.39 is 0 Å². The second kappa shape index (κ2) is 7.70. The molecular weight excluding hydrogens is 366 g/mol. The van der Waals surface area contributed by atoms with Crippen LogP contribution < -0.4 is 10.6 Å². The van der Waals surface area contributed by atoms with Crippen molar-refractivity contribution in [1.29, 1.82) is 0 Å². The van der Waals surface area contributed by atoms with Crippen LogP contribution in [-0.4, -0.2) is 33.8 Å². The van der Waals surface area contributed by atoms with E-state index >= 15 is 0 Å². The fourth-order valence-corrected chi connectivity index (χ4v) is 3.53. The molecule has 0 spiro atoms. The first kappa shape index (κ1) is 19.4. The van der Waals surface area contributed by atoms with E-state index in [9.17, 15) is 4.79 Å². The minimum Gasteiger partial charge on any atom is -0.450 e. The molecule has 0 aliphatic carbocycles. The van der Waals surface area contributed by atoms with Gasteiger partial charge >= 0.3 is 0 Å². The van der Waals surface area contributed by atoms with Crippen LogP contribution in [-0.2, 0) is 7.05 Å². The Labute approximate surface area is 163 Å². The molecule has 7 nitrogen and oxygen atoms in total. The summed E-state index contributed by atoms with van der Waals surface area (Å²) in [6, 6.07) is 5.91. The molecule has 0 bridgehead atoms. The fraction of sp³-hybridized carbons (Fsp3) is 0.421. The first-order valence-corrected chi connectivity index (χ1v) is 8.96. The first-order valence-electron chi connectivity index (χ1n) is 8.96. The molecule has 3 aromatic rings. The van der Waals surface area contributed by atoms with E-state index in [0.717, 1.165) is 53.9 Å². The smallest absolute Gasteiger partial charge is 0.294 e. The molecular formula is C19H24ClN5O2. The summed E-state index contributed by atoms with van der Waals surface area (Å²) in [4.78, 5) is 17.3. The van der Waals surface area contributed by atoms with Crippen molar-refractivity contribution in [2.24, 2.45) is 7.05 Å². The van der Waals surface area contributed by atoms with Gasteiger partial charge in [-0.25, -0.2) is 4.68 Å². The molecule has 0 radical (unpaired) electrons. The maximum atomic E-state index is 12.8. The van der Waals surface area contributed by atoms with Crippen LogP contribution in [0.3, 0.4) is 0 Å². The minimum absolute atomic E-state index is 0. The van der Waals surface area contributed by atoms with Gasteiger partial charge in [0.2, 0.25) is 5.95 Å². The molecule has 2 aromatic heterocycles. The second-order valence-electron chi connectivity index (χ2n) is 6.90. The van der Waals surface area contributed by atoms with Crippen molar-refractivity contribution in [2.75, 3.05) is 18.4 Å². The highest BCUT2D eigenvalue weighted by atomic mass is 35.5. The molecule has 8 heteroatoms. The summed E-state index contributed by atoms with van der Waals surface area (Å²) in [5.41, 5.74) is 2.60. The number of carbonyl (C=O) groups is 1. The molecule has 27 heavy (non-hydrogen) atoms. The van der Waals surface area contributed by atoms with Crippen LogP contribution in [0.2, 0.25) is 0 Å². The lowest BCUT2D eigenvalue weighted by atomic mass is 9.98. The van der Waals surface area contributed by atoms with E-state index in [1.54, 1.807) is 11.7 Å². The molecule has 1 aromatic carbocycles. The van der Waals surface area contributed by atoms with Crippen molar-refractivity contribution in [2.45, 2.75) is 32.6 Å². The molecule has 0 atom stereocenters. The van der Waals surface area contributed by atoms with Gasteiger partial charge in [-0.15, -0.1) is 12.4 Å². The van der Waals surface area contributed by atoms with Crippen LogP contribution in [0, 0.1) is 13.8 Å². The molecule has 0 unspecified atom stereocenters. The number of nitrogens with one attached hydrogen (secondary N) is 2. The number of amides is 1. The Hall–Kier alpha value is -2.38. The van der Waals surface area contributed by atoms with Gasteiger partial charge in [-0.1, -0.05) is 18.2 Å². The summed E-state index contributed by atoms with van der Waals surface area (Å²) in [5, 5.41) is 11.6. The highest BCUT2D eigenvalue weighted by Crippen LogP contribution is 2.28. The van der Waals surface area contributed by atoms with Gasteiger partial charge in [0.25, 0.3) is 5.91 Å². The summed E-state index contributed by atoms with van der Waals surface area (Å²) in [7, 11) is 1.79. The normalized spacial score (nSPS) is 14.9. The number of nitrogens with zero attached hydrogens (tertiary/aromatic N) is 3. The Morgan fingerprint density at radius 2 is 2.04 bits per heavy atom. The molecule has 1 aliphatic heterocycles. The molecule has 1 saturated heterocycles. The Kier molecular flexibility index (Phi) is 5.53. The van der Waals surface area contributed by atoms with Crippen molar-refractivity contribution >= 4 is 35.2 Å². The summed E-state index contributed by atoms with van der Waals surface area (Å²) >= 11 is 0. The SMILES string of the molecule is Cc1c(C(=O)Nc2nc(C3CCNCC3)nn2C)oc2c(C)cccc12.Cl. The maximum absolute atomic E-state index is 12.8. The largest absolute Gasteiger partial charge is 0.450 e. The Balaban J connectivity index is 0.00000210.